The van der Waals surface area contributed by atoms with Gasteiger partial charge >= 0.3 is 0 Å². The van der Waals surface area contributed by atoms with Crippen molar-refractivity contribution in [2.45, 2.75) is 25.4 Å². The van der Waals surface area contributed by atoms with Gasteiger partial charge in [0.2, 0.25) is 0 Å². The van der Waals surface area contributed by atoms with Crippen LogP contribution in [0.2, 0.25) is 0 Å². The third-order valence-electron chi connectivity index (χ3n) is 4.29. The van der Waals surface area contributed by atoms with E-state index < -0.39 is 0 Å². The van der Waals surface area contributed by atoms with Crippen LogP contribution in [0, 0.1) is 5.92 Å². The molecule has 0 spiro atoms. The molecule has 1 saturated carbocycles. The number of pyridine rings is 1. The Bertz CT molecular complexity index is 771. The molecular formula is C18H19N3. The van der Waals surface area contributed by atoms with Crippen LogP contribution in [-0.2, 0) is 6.54 Å². The van der Waals surface area contributed by atoms with Crippen LogP contribution < -0.4 is 5.73 Å². The zero-order valence-corrected chi connectivity index (χ0v) is 11.9. The number of benzene rings is 1. The van der Waals surface area contributed by atoms with Gasteiger partial charge in [-0.3, -0.25) is 4.98 Å². The highest BCUT2D eigenvalue weighted by atomic mass is 15.0. The van der Waals surface area contributed by atoms with Crippen molar-refractivity contribution in [2.24, 2.45) is 11.7 Å². The summed E-state index contributed by atoms with van der Waals surface area (Å²) in [6, 6.07) is 14.8. The summed E-state index contributed by atoms with van der Waals surface area (Å²) >= 11 is 0. The quantitative estimate of drug-likeness (QED) is 0.793. The lowest BCUT2D eigenvalue weighted by Gasteiger charge is -2.07. The van der Waals surface area contributed by atoms with E-state index in [1.54, 1.807) is 0 Å². The summed E-state index contributed by atoms with van der Waals surface area (Å²) in [6.07, 6.45) is 6.82. The Balaban J connectivity index is 1.56. The predicted octanol–water partition coefficient (Wildman–Crippen LogP) is 3.49. The summed E-state index contributed by atoms with van der Waals surface area (Å²) in [5, 5.41) is 1.19. The van der Waals surface area contributed by atoms with E-state index in [1.807, 2.05) is 12.1 Å². The lowest BCUT2D eigenvalue weighted by Crippen LogP contribution is -2.11. The van der Waals surface area contributed by atoms with Crippen molar-refractivity contribution < 1.29 is 0 Å². The van der Waals surface area contributed by atoms with Crippen LogP contribution in [-0.4, -0.2) is 9.55 Å². The zero-order valence-electron chi connectivity index (χ0n) is 11.9. The Labute approximate surface area is 124 Å². The first-order valence-electron chi connectivity index (χ1n) is 7.55. The van der Waals surface area contributed by atoms with Crippen molar-refractivity contribution in [1.82, 2.24) is 9.55 Å². The maximum Gasteiger partial charge on any atom is 0.0706 e. The Morgan fingerprint density at radius 2 is 2.00 bits per heavy atom. The minimum Gasteiger partial charge on any atom is -0.348 e. The van der Waals surface area contributed by atoms with Crippen molar-refractivity contribution in [1.29, 1.82) is 0 Å². The van der Waals surface area contributed by atoms with Gasteiger partial charge in [-0.05, 0) is 42.5 Å². The Kier molecular flexibility index (Phi) is 3.00. The fourth-order valence-corrected chi connectivity index (χ4v) is 2.87. The van der Waals surface area contributed by atoms with Gasteiger partial charge in [0.1, 0.15) is 0 Å². The van der Waals surface area contributed by atoms with Crippen molar-refractivity contribution in [3.05, 3.63) is 66.1 Å². The van der Waals surface area contributed by atoms with E-state index in [9.17, 15) is 0 Å². The number of fused-ring (bicyclic) bond motifs is 1. The second-order valence-electron chi connectivity index (χ2n) is 5.98. The molecule has 2 N–H and O–H groups in total. The van der Waals surface area contributed by atoms with Crippen molar-refractivity contribution >= 4 is 10.9 Å². The number of para-hydroxylation sites is 1. The van der Waals surface area contributed by atoms with Crippen LogP contribution in [0.25, 0.3) is 10.9 Å². The summed E-state index contributed by atoms with van der Waals surface area (Å²) in [5.41, 5.74) is 9.63. The monoisotopic (exact) mass is 277 g/mol. The van der Waals surface area contributed by atoms with E-state index >= 15 is 0 Å². The molecule has 1 aromatic carbocycles. The third-order valence-corrected chi connectivity index (χ3v) is 4.29. The highest BCUT2D eigenvalue weighted by molar-refractivity contribution is 5.78. The van der Waals surface area contributed by atoms with E-state index in [2.05, 4.69) is 47.3 Å². The van der Waals surface area contributed by atoms with Crippen molar-refractivity contribution in [2.75, 3.05) is 0 Å². The molecule has 4 rings (SSSR count). The molecule has 0 radical (unpaired) electrons. The average molecular weight is 277 g/mol. The second kappa shape index (κ2) is 5.01. The van der Waals surface area contributed by atoms with Gasteiger partial charge in [-0.2, -0.15) is 0 Å². The first-order chi connectivity index (χ1) is 10.3. The van der Waals surface area contributed by atoms with E-state index in [-0.39, 0.29) is 6.04 Å². The first kappa shape index (κ1) is 12.6. The maximum absolute atomic E-state index is 6.25. The molecule has 3 aromatic rings. The van der Waals surface area contributed by atoms with Gasteiger partial charge in [0.15, 0.2) is 0 Å². The Morgan fingerprint density at radius 1 is 1.14 bits per heavy atom. The second-order valence-corrected chi connectivity index (χ2v) is 5.98. The zero-order chi connectivity index (χ0) is 14.2. The van der Waals surface area contributed by atoms with Gasteiger partial charge in [-0.25, -0.2) is 0 Å². The molecule has 1 atom stereocenters. The predicted molar refractivity (Wildman–Crippen MR) is 84.9 cm³/mol. The highest BCUT2D eigenvalue weighted by Gasteiger charge is 2.29. The minimum absolute atomic E-state index is 0.204. The molecule has 106 valence electrons. The minimum atomic E-state index is 0.204. The van der Waals surface area contributed by atoms with Crippen molar-refractivity contribution in [3.8, 4) is 0 Å². The molecule has 2 aromatic heterocycles. The van der Waals surface area contributed by atoms with E-state index in [0.29, 0.717) is 5.92 Å². The lowest BCUT2D eigenvalue weighted by atomic mass is 10.1. The number of hydrogen-bond donors (Lipinski definition) is 1. The summed E-state index contributed by atoms with van der Waals surface area (Å²) in [7, 11) is 0. The fourth-order valence-electron chi connectivity index (χ4n) is 2.87. The molecule has 1 fully saturated rings. The van der Waals surface area contributed by atoms with Crippen molar-refractivity contribution in [3.63, 3.8) is 0 Å². The molecule has 0 amide bonds. The van der Waals surface area contributed by atoms with Gasteiger partial charge < -0.3 is 10.3 Å². The number of nitrogens with two attached hydrogens (primary N) is 1. The average Bonchev–Trinajstić information content (AvgIpc) is 3.26. The molecule has 0 aliphatic heterocycles. The van der Waals surface area contributed by atoms with E-state index in [1.165, 1.54) is 23.8 Å². The first-order valence-corrected chi connectivity index (χ1v) is 7.55. The molecule has 1 unspecified atom stereocenters. The van der Waals surface area contributed by atoms with Gasteiger partial charge in [0.25, 0.3) is 0 Å². The number of nitrogens with zero attached hydrogens (tertiary/aromatic N) is 2. The number of rotatable bonds is 4. The van der Waals surface area contributed by atoms with E-state index in [0.717, 1.165) is 17.8 Å². The van der Waals surface area contributed by atoms with Crippen LogP contribution in [0.5, 0.6) is 0 Å². The van der Waals surface area contributed by atoms with Crippen LogP contribution in [0.3, 0.4) is 0 Å². The molecule has 0 saturated heterocycles. The van der Waals surface area contributed by atoms with E-state index in [4.69, 9.17) is 10.7 Å². The van der Waals surface area contributed by atoms with Gasteiger partial charge in [0.05, 0.1) is 17.8 Å². The molecule has 1 aliphatic carbocycles. The molecule has 2 heterocycles. The van der Waals surface area contributed by atoms with Crippen LogP contribution >= 0.6 is 0 Å². The van der Waals surface area contributed by atoms with Crippen LogP contribution in [0.15, 0.2) is 54.9 Å². The standard InChI is InChI=1S/C18H19N3/c19-18(14-5-6-14)15-9-10-21(11-15)12-16-8-7-13-3-1-2-4-17(13)20-16/h1-4,7-11,14,18H,5-6,12,19H2. The summed E-state index contributed by atoms with van der Waals surface area (Å²) < 4.78 is 2.18. The fraction of sp³-hybridized carbons (Fsp3) is 0.278. The maximum atomic E-state index is 6.25. The van der Waals surface area contributed by atoms with Crippen LogP contribution in [0.1, 0.15) is 30.1 Å². The smallest absolute Gasteiger partial charge is 0.0706 e. The van der Waals surface area contributed by atoms with Gasteiger partial charge in [-0.15, -0.1) is 0 Å². The van der Waals surface area contributed by atoms with Crippen LogP contribution in [0.4, 0.5) is 0 Å². The Hall–Kier alpha value is -2.13. The van der Waals surface area contributed by atoms with Gasteiger partial charge in [0, 0.05) is 23.8 Å². The molecule has 3 nitrogen and oxygen atoms in total. The summed E-state index contributed by atoms with van der Waals surface area (Å²) in [4.78, 5) is 4.72. The molecule has 0 bridgehead atoms. The molecule has 3 heteroatoms. The molecule has 21 heavy (non-hydrogen) atoms. The topological polar surface area (TPSA) is 43.8 Å². The Morgan fingerprint density at radius 3 is 2.86 bits per heavy atom. The largest absolute Gasteiger partial charge is 0.348 e. The summed E-state index contributed by atoms with van der Waals surface area (Å²) in [6.45, 7) is 0.794. The SMILES string of the molecule is NC(c1ccn(Cc2ccc3ccccc3n2)c1)C1CC1. The molecule has 1 aliphatic rings. The third kappa shape index (κ3) is 2.57. The number of hydrogen-bond acceptors (Lipinski definition) is 2. The molecular weight excluding hydrogens is 258 g/mol. The summed E-state index contributed by atoms with van der Waals surface area (Å²) in [5.74, 6) is 0.694. The highest BCUT2D eigenvalue weighted by Crippen LogP contribution is 2.39. The number of aromatic nitrogens is 2. The normalized spacial score (nSPS) is 16.2. The van der Waals surface area contributed by atoms with Gasteiger partial charge in [-0.1, -0.05) is 24.3 Å². The lowest BCUT2D eigenvalue weighted by molar-refractivity contribution is 0.630.